The maximum Gasteiger partial charge on any atom is 0.260 e. The van der Waals surface area contributed by atoms with E-state index in [1.54, 1.807) is 55.4 Å². The summed E-state index contributed by atoms with van der Waals surface area (Å²) in [6.45, 7) is 0.898. The number of anilines is 1. The lowest BCUT2D eigenvalue weighted by Crippen LogP contribution is -2.32. The van der Waals surface area contributed by atoms with Crippen molar-refractivity contribution in [2.75, 3.05) is 46.9 Å². The number of benzene rings is 4. The molecule has 12 nitrogen and oxygen atoms in total. The van der Waals surface area contributed by atoms with Crippen molar-refractivity contribution in [2.45, 2.75) is 44.2 Å². The van der Waals surface area contributed by atoms with Crippen LogP contribution in [0.15, 0.2) is 95.2 Å². The van der Waals surface area contributed by atoms with Gasteiger partial charge in [-0.2, -0.15) is 0 Å². The Kier molecular flexibility index (Phi) is 10.7. The van der Waals surface area contributed by atoms with E-state index < -0.39 is 0 Å². The zero-order valence-corrected chi connectivity index (χ0v) is 32.5. The molecule has 4 heterocycles. The normalized spacial score (nSPS) is 17.8. The summed E-state index contributed by atoms with van der Waals surface area (Å²) in [6, 6.07) is 22.7. The minimum atomic E-state index is -0.183. The van der Waals surface area contributed by atoms with Gasteiger partial charge in [0.15, 0.2) is 23.0 Å². The lowest BCUT2D eigenvalue weighted by atomic mass is 10.0. The number of hydrogen-bond donors (Lipinski definition) is 1. The minimum absolute atomic E-state index is 0.124. The second-order valence-electron chi connectivity index (χ2n) is 14.2. The number of aliphatic imine (C=N–C) groups is 2. The third kappa shape index (κ3) is 7.54. The average Bonchev–Trinajstić information content (AvgIpc) is 3.83. The molecule has 2 atom stereocenters. The van der Waals surface area contributed by atoms with E-state index in [2.05, 4.69) is 17.4 Å². The molecule has 0 unspecified atom stereocenters. The van der Waals surface area contributed by atoms with Gasteiger partial charge in [-0.25, -0.2) is 0 Å². The molecule has 0 bridgehead atoms. The molecule has 4 aliphatic rings. The van der Waals surface area contributed by atoms with Crippen LogP contribution in [0.4, 0.5) is 17.1 Å². The van der Waals surface area contributed by atoms with Crippen LogP contribution in [0.25, 0.3) is 11.1 Å². The van der Waals surface area contributed by atoms with Gasteiger partial charge in [-0.05, 0) is 77.9 Å². The molecule has 12 heteroatoms. The van der Waals surface area contributed by atoms with Crippen molar-refractivity contribution in [3.8, 4) is 28.7 Å². The summed E-state index contributed by atoms with van der Waals surface area (Å²) >= 11 is 0. The van der Waals surface area contributed by atoms with Crippen LogP contribution < -0.4 is 29.0 Å². The molecule has 0 aromatic heterocycles. The number of unbranched alkanes of at least 4 members (excludes halogenated alkanes) is 2. The maximum absolute atomic E-state index is 13.7. The Bertz CT molecular complexity index is 2140. The lowest BCUT2D eigenvalue weighted by Gasteiger charge is -2.19. The van der Waals surface area contributed by atoms with Crippen LogP contribution in [-0.2, 0) is 0 Å². The summed E-state index contributed by atoms with van der Waals surface area (Å²) in [5.41, 5.74) is 7.35. The van der Waals surface area contributed by atoms with Crippen molar-refractivity contribution < 1.29 is 33.3 Å². The quantitative estimate of drug-likeness (QED) is 0.127. The van der Waals surface area contributed by atoms with Gasteiger partial charge in [0.1, 0.15) is 5.75 Å². The molecule has 0 spiro atoms. The SMILES string of the molecule is CNc1ccc(C2=CN3C(=O)c4cc(OC)c(OCCCCCOc5cc6c(cc5OC)C(=O)N5C=C(c7ccc(OC)cc7)C[C@H]5C=N6)cc4N=C[C@@H]3C2)cc1. The minimum Gasteiger partial charge on any atom is -0.497 e. The predicted molar refractivity (Wildman–Crippen MR) is 221 cm³/mol. The lowest BCUT2D eigenvalue weighted by molar-refractivity contribution is 0.0809. The molecule has 4 aliphatic heterocycles. The predicted octanol–water partition coefficient (Wildman–Crippen LogP) is 8.33. The zero-order chi connectivity index (χ0) is 39.5. The number of hydrogen-bond acceptors (Lipinski definition) is 10. The molecule has 1 N–H and O–H groups in total. The smallest absolute Gasteiger partial charge is 0.260 e. The van der Waals surface area contributed by atoms with Crippen LogP contribution in [0.1, 0.15) is 63.9 Å². The Morgan fingerprint density at radius 1 is 0.614 bits per heavy atom. The van der Waals surface area contributed by atoms with Gasteiger partial charge < -0.3 is 38.8 Å². The van der Waals surface area contributed by atoms with E-state index in [4.69, 9.17) is 33.7 Å². The highest BCUT2D eigenvalue weighted by molar-refractivity contribution is 6.06. The summed E-state index contributed by atoms with van der Waals surface area (Å²) in [5, 5.41) is 3.14. The highest BCUT2D eigenvalue weighted by Gasteiger charge is 2.35. The fourth-order valence-corrected chi connectivity index (χ4v) is 7.54. The molecule has 0 saturated heterocycles. The summed E-state index contributed by atoms with van der Waals surface area (Å²) in [4.78, 5) is 40.4. The number of nitrogens with one attached hydrogen (secondary N) is 1. The van der Waals surface area contributed by atoms with Crippen LogP contribution in [0.3, 0.4) is 0 Å². The molecule has 8 rings (SSSR count). The molecular formula is C45H45N5O7. The highest BCUT2D eigenvalue weighted by Crippen LogP contribution is 2.42. The van der Waals surface area contributed by atoms with Crippen molar-refractivity contribution in [1.29, 1.82) is 0 Å². The van der Waals surface area contributed by atoms with Crippen molar-refractivity contribution >= 4 is 52.5 Å². The van der Waals surface area contributed by atoms with Crippen molar-refractivity contribution in [2.24, 2.45) is 9.98 Å². The van der Waals surface area contributed by atoms with Crippen LogP contribution in [0.5, 0.6) is 28.7 Å². The number of carbonyl (C=O) groups excluding carboxylic acids is 2. The number of ether oxygens (including phenoxy) is 5. The number of nitrogens with zero attached hydrogens (tertiary/aromatic N) is 4. The molecule has 4 aromatic rings. The number of amides is 2. The van der Waals surface area contributed by atoms with Gasteiger partial charge in [0.25, 0.3) is 11.8 Å². The molecule has 0 radical (unpaired) electrons. The second-order valence-corrected chi connectivity index (χ2v) is 14.2. The molecule has 292 valence electrons. The first kappa shape index (κ1) is 37.4. The Labute approximate surface area is 332 Å². The molecule has 0 fully saturated rings. The first-order valence-electron chi connectivity index (χ1n) is 19.1. The number of methoxy groups -OCH3 is 3. The van der Waals surface area contributed by atoms with Gasteiger partial charge in [-0.1, -0.05) is 24.3 Å². The zero-order valence-electron chi connectivity index (χ0n) is 32.5. The van der Waals surface area contributed by atoms with Gasteiger partial charge in [0.2, 0.25) is 0 Å². The Balaban J connectivity index is 0.846. The van der Waals surface area contributed by atoms with E-state index in [9.17, 15) is 9.59 Å². The van der Waals surface area contributed by atoms with E-state index in [-0.39, 0.29) is 23.9 Å². The van der Waals surface area contributed by atoms with E-state index in [1.807, 2.05) is 68.3 Å². The van der Waals surface area contributed by atoms with Crippen LogP contribution in [0, 0.1) is 0 Å². The standard InChI is InChI=1S/C45H45N5O7/c1-46-32-12-8-28(9-13-32)30-18-33-24-47-38-22-42(40(54-3)20-36(38)44(51)49(33)26-30)56-16-6-5-7-17-57-43-23-39-37(21-41(43)55-4)45(52)50-27-31(19-34(50)25-48-39)29-10-14-35(53-2)15-11-29/h8-15,20-27,33-34,46H,5-7,16-19H2,1-4H3/t33-,34-/m0/s1. The van der Waals surface area contributed by atoms with Crippen molar-refractivity contribution in [3.63, 3.8) is 0 Å². The average molecular weight is 768 g/mol. The molecule has 4 aromatic carbocycles. The molecule has 57 heavy (non-hydrogen) atoms. The molecular weight excluding hydrogens is 723 g/mol. The topological polar surface area (TPSA) is 124 Å². The van der Waals surface area contributed by atoms with Gasteiger partial charge in [0.05, 0.1) is 69.1 Å². The number of rotatable bonds is 14. The first-order chi connectivity index (χ1) is 27.9. The Hall–Kier alpha value is -6.56. The van der Waals surface area contributed by atoms with Crippen LogP contribution >= 0.6 is 0 Å². The van der Waals surface area contributed by atoms with Gasteiger partial charge >= 0.3 is 0 Å². The van der Waals surface area contributed by atoms with Crippen molar-refractivity contribution in [3.05, 3.63) is 107 Å². The van der Waals surface area contributed by atoms with E-state index in [0.717, 1.165) is 53.0 Å². The van der Waals surface area contributed by atoms with Gasteiger partial charge in [-0.3, -0.25) is 19.6 Å². The summed E-state index contributed by atoms with van der Waals surface area (Å²) in [6.07, 6.45) is 11.3. The van der Waals surface area contributed by atoms with Crippen molar-refractivity contribution in [1.82, 2.24) is 9.80 Å². The number of fused-ring (bicyclic) bond motifs is 4. The first-order valence-corrected chi connectivity index (χ1v) is 19.1. The van der Waals surface area contributed by atoms with Crippen LogP contribution in [-0.4, -0.2) is 87.7 Å². The third-order valence-electron chi connectivity index (χ3n) is 10.7. The summed E-state index contributed by atoms with van der Waals surface area (Å²) < 4.78 is 28.9. The monoisotopic (exact) mass is 767 g/mol. The summed E-state index contributed by atoms with van der Waals surface area (Å²) in [5.74, 6) is 2.56. The van der Waals surface area contributed by atoms with E-state index in [0.29, 0.717) is 71.6 Å². The fourth-order valence-electron chi connectivity index (χ4n) is 7.54. The third-order valence-corrected chi connectivity index (χ3v) is 10.7. The largest absolute Gasteiger partial charge is 0.497 e. The molecule has 0 saturated carbocycles. The fraction of sp³-hybridized carbons (Fsp3) is 0.289. The summed E-state index contributed by atoms with van der Waals surface area (Å²) in [7, 11) is 6.67. The maximum atomic E-state index is 13.7. The van der Waals surface area contributed by atoms with Crippen LogP contribution in [0.2, 0.25) is 0 Å². The molecule has 0 aliphatic carbocycles. The van der Waals surface area contributed by atoms with E-state index >= 15 is 0 Å². The number of carbonyl (C=O) groups is 2. The highest BCUT2D eigenvalue weighted by atomic mass is 16.5. The molecule has 2 amide bonds. The second kappa shape index (κ2) is 16.3. The Morgan fingerprint density at radius 2 is 1.09 bits per heavy atom. The Morgan fingerprint density at radius 3 is 1.53 bits per heavy atom. The van der Waals surface area contributed by atoms with E-state index in [1.165, 1.54) is 0 Å². The van der Waals surface area contributed by atoms with Gasteiger partial charge in [0, 0.05) is 62.5 Å². The van der Waals surface area contributed by atoms with Gasteiger partial charge in [-0.15, -0.1) is 0 Å².